The van der Waals surface area contributed by atoms with Gasteiger partial charge in [0.15, 0.2) is 0 Å². The van der Waals surface area contributed by atoms with Gasteiger partial charge in [-0.15, -0.1) is 0 Å². The van der Waals surface area contributed by atoms with Crippen molar-refractivity contribution in [3.05, 3.63) is 58.2 Å². The number of ether oxygens (including phenoxy) is 2. The van der Waals surface area contributed by atoms with Crippen LogP contribution >= 0.6 is 23.2 Å². The predicted molar refractivity (Wildman–Crippen MR) is 94.8 cm³/mol. The number of carbonyl (C=O) groups excluding carboxylic acids is 2. The average Bonchev–Trinajstić information content (AvgIpc) is 3.12. The quantitative estimate of drug-likeness (QED) is 0.457. The van der Waals surface area contributed by atoms with Gasteiger partial charge in [0.2, 0.25) is 5.69 Å². The van der Waals surface area contributed by atoms with Gasteiger partial charge in [-0.1, -0.05) is 51.7 Å². The molecule has 0 radical (unpaired) electrons. The number of carbonyl (C=O) groups is 2. The maximum Gasteiger partial charge on any atom is 0.491 e. The zero-order valence-corrected chi connectivity index (χ0v) is 15.5. The first-order valence-corrected chi connectivity index (χ1v) is 8.38. The predicted octanol–water partition coefficient (Wildman–Crippen LogP) is 4.82. The third-order valence-corrected chi connectivity index (χ3v) is 4.20. The highest BCUT2D eigenvalue weighted by atomic mass is 35.5. The number of aromatic nitrogens is 3. The summed E-state index contributed by atoms with van der Waals surface area (Å²) in [5.41, 5.74) is 0.893. The molecule has 2 aromatic carbocycles. The van der Waals surface area contributed by atoms with Crippen molar-refractivity contribution < 1.29 is 32.2 Å². The van der Waals surface area contributed by atoms with E-state index in [4.69, 9.17) is 27.9 Å². The molecule has 0 amide bonds. The number of rotatable bonds is 4. The lowest BCUT2D eigenvalue weighted by molar-refractivity contribution is -0.193. The smallest absolute Gasteiger partial charge is 0.436 e. The van der Waals surface area contributed by atoms with Gasteiger partial charge in [0.05, 0.1) is 10.0 Å². The molecule has 1 aromatic heterocycles. The van der Waals surface area contributed by atoms with Gasteiger partial charge in [-0.2, -0.15) is 13.2 Å². The highest BCUT2D eigenvalue weighted by Crippen LogP contribution is 2.30. The molecule has 0 fully saturated rings. The molecule has 12 heteroatoms. The zero-order valence-electron chi connectivity index (χ0n) is 14.0. The Hall–Kier alpha value is -3.11. The Kier molecular flexibility index (Phi) is 5.76. The maximum absolute atomic E-state index is 12.2. The van der Waals surface area contributed by atoms with Gasteiger partial charge >= 0.3 is 18.1 Å². The van der Waals surface area contributed by atoms with Crippen LogP contribution in [0.1, 0.15) is 10.5 Å². The van der Waals surface area contributed by atoms with Gasteiger partial charge in [0.25, 0.3) is 5.88 Å². The summed E-state index contributed by atoms with van der Waals surface area (Å²) in [4.78, 5) is 22.5. The van der Waals surface area contributed by atoms with E-state index >= 15 is 0 Å². The number of nitrogens with one attached hydrogen (secondary N) is 1. The molecule has 3 rings (SSSR count). The number of H-pyrrole nitrogens is 1. The van der Waals surface area contributed by atoms with E-state index in [0.717, 1.165) is 11.1 Å². The summed E-state index contributed by atoms with van der Waals surface area (Å²) in [6, 6.07) is 11.4. The molecule has 1 N–H and O–H groups in total. The first-order valence-electron chi connectivity index (χ1n) is 7.63. The lowest BCUT2D eigenvalue weighted by atomic mass is 10.1. The molecule has 7 nitrogen and oxygen atoms in total. The van der Waals surface area contributed by atoms with E-state index in [9.17, 15) is 22.8 Å². The fourth-order valence-electron chi connectivity index (χ4n) is 2.12. The average molecular weight is 446 g/mol. The van der Waals surface area contributed by atoms with Crippen molar-refractivity contribution in [1.82, 2.24) is 15.4 Å². The van der Waals surface area contributed by atoms with Crippen LogP contribution in [0.2, 0.25) is 10.0 Å². The van der Waals surface area contributed by atoms with E-state index in [1.807, 2.05) is 5.10 Å². The number of benzene rings is 2. The van der Waals surface area contributed by atoms with Gasteiger partial charge in [0, 0.05) is 0 Å². The van der Waals surface area contributed by atoms with E-state index in [1.54, 1.807) is 30.3 Å². The zero-order chi connectivity index (χ0) is 21.2. The molecule has 150 valence electrons. The van der Waals surface area contributed by atoms with Gasteiger partial charge in [-0.25, -0.2) is 14.7 Å². The van der Waals surface area contributed by atoms with Crippen molar-refractivity contribution in [2.45, 2.75) is 6.18 Å². The van der Waals surface area contributed by atoms with E-state index < -0.39 is 29.7 Å². The number of alkyl halides is 3. The number of aromatic amines is 1. The molecule has 1 heterocycles. The molecule has 0 bridgehead atoms. The third kappa shape index (κ3) is 4.84. The molecule has 0 unspecified atom stereocenters. The molecule has 0 aliphatic heterocycles. The van der Waals surface area contributed by atoms with Crippen LogP contribution in [-0.2, 0) is 9.53 Å². The van der Waals surface area contributed by atoms with Crippen LogP contribution in [0.3, 0.4) is 0 Å². The molecular weight excluding hydrogens is 438 g/mol. The molecule has 0 atom stereocenters. The summed E-state index contributed by atoms with van der Waals surface area (Å²) >= 11 is 11.9. The molecule has 0 aliphatic rings. The number of hydrogen-bond acceptors (Lipinski definition) is 6. The lowest BCUT2D eigenvalue weighted by Gasteiger charge is -2.07. The van der Waals surface area contributed by atoms with Gasteiger partial charge < -0.3 is 9.47 Å². The minimum absolute atomic E-state index is 0.193. The summed E-state index contributed by atoms with van der Waals surface area (Å²) < 4.78 is 45.7. The van der Waals surface area contributed by atoms with Crippen LogP contribution in [0, 0.1) is 0 Å². The van der Waals surface area contributed by atoms with Crippen molar-refractivity contribution in [3.8, 4) is 22.8 Å². The van der Waals surface area contributed by atoms with Crippen LogP contribution in [-0.4, -0.2) is 33.5 Å². The largest absolute Gasteiger partial charge is 0.491 e. The monoisotopic (exact) mass is 445 g/mol. The maximum atomic E-state index is 12.2. The Morgan fingerprint density at radius 3 is 2.24 bits per heavy atom. The van der Waals surface area contributed by atoms with Gasteiger partial charge in [-0.3, -0.25) is 0 Å². The van der Waals surface area contributed by atoms with Gasteiger partial charge in [0.1, 0.15) is 5.75 Å². The minimum Gasteiger partial charge on any atom is -0.436 e. The third-order valence-electron chi connectivity index (χ3n) is 3.46. The van der Waals surface area contributed by atoms with Crippen molar-refractivity contribution >= 4 is 35.1 Å². The molecule has 0 spiro atoms. The molecular formula is C17H8Cl2F3N3O4. The number of halogens is 5. The summed E-state index contributed by atoms with van der Waals surface area (Å²) in [5, 5.41) is 9.53. The SMILES string of the molecule is O=C(OC(=O)C(F)(F)F)c1[nH]nnc1Oc1ccc(-c2ccc(Cl)c(Cl)c2)cc1. The fourth-order valence-corrected chi connectivity index (χ4v) is 2.42. The summed E-state index contributed by atoms with van der Waals surface area (Å²) in [6.07, 6.45) is -5.33. The Balaban J connectivity index is 1.74. The molecule has 3 aromatic rings. The lowest BCUT2D eigenvalue weighted by Crippen LogP contribution is -2.28. The summed E-state index contributed by atoms with van der Waals surface area (Å²) in [7, 11) is 0. The second-order valence-corrected chi connectivity index (χ2v) is 6.24. The first-order chi connectivity index (χ1) is 13.6. The van der Waals surface area contributed by atoms with Gasteiger partial charge in [-0.05, 0) is 35.4 Å². The van der Waals surface area contributed by atoms with Crippen LogP contribution in [0.15, 0.2) is 42.5 Å². The van der Waals surface area contributed by atoms with Crippen molar-refractivity contribution in [3.63, 3.8) is 0 Å². The van der Waals surface area contributed by atoms with Crippen LogP contribution in [0.25, 0.3) is 11.1 Å². The van der Waals surface area contributed by atoms with Crippen LogP contribution < -0.4 is 4.74 Å². The Morgan fingerprint density at radius 1 is 0.966 bits per heavy atom. The fraction of sp³-hybridized carbons (Fsp3) is 0.0588. The van der Waals surface area contributed by atoms with E-state index in [0.29, 0.717) is 10.0 Å². The Bertz CT molecular complexity index is 1070. The normalized spacial score (nSPS) is 11.2. The first kappa shape index (κ1) is 20.6. The van der Waals surface area contributed by atoms with Crippen molar-refractivity contribution in [2.75, 3.05) is 0 Å². The second kappa shape index (κ2) is 8.10. The van der Waals surface area contributed by atoms with Crippen molar-refractivity contribution in [2.24, 2.45) is 0 Å². The number of nitrogens with zero attached hydrogens (tertiary/aromatic N) is 2. The Morgan fingerprint density at radius 2 is 1.62 bits per heavy atom. The van der Waals surface area contributed by atoms with Crippen LogP contribution in [0.4, 0.5) is 13.2 Å². The topological polar surface area (TPSA) is 94.2 Å². The summed E-state index contributed by atoms with van der Waals surface area (Å²) in [6.45, 7) is 0. The highest BCUT2D eigenvalue weighted by Gasteiger charge is 2.43. The molecule has 0 saturated heterocycles. The molecule has 29 heavy (non-hydrogen) atoms. The van der Waals surface area contributed by atoms with E-state index in [-0.39, 0.29) is 5.75 Å². The molecule has 0 aliphatic carbocycles. The Labute approximate surface area is 170 Å². The minimum atomic E-state index is -5.33. The highest BCUT2D eigenvalue weighted by molar-refractivity contribution is 6.42. The van der Waals surface area contributed by atoms with E-state index in [2.05, 4.69) is 15.0 Å². The molecule has 0 saturated carbocycles. The number of esters is 2. The standard InChI is InChI=1S/C17H8Cl2F3N3O4/c18-11-6-3-9(7-12(11)19)8-1-4-10(5-2-8)28-14-13(23-25-24-14)15(26)29-16(27)17(20,21)22/h1-7H,(H,23,24,25). The summed E-state index contributed by atoms with van der Waals surface area (Å²) in [5.74, 6) is -4.58. The van der Waals surface area contributed by atoms with Crippen LogP contribution in [0.5, 0.6) is 11.6 Å². The van der Waals surface area contributed by atoms with E-state index in [1.165, 1.54) is 12.1 Å². The van der Waals surface area contributed by atoms with Crippen molar-refractivity contribution in [1.29, 1.82) is 0 Å². The number of hydrogen-bond donors (Lipinski definition) is 1. The second-order valence-electron chi connectivity index (χ2n) is 5.42.